The van der Waals surface area contributed by atoms with Gasteiger partial charge in [0, 0.05) is 6.54 Å². The van der Waals surface area contributed by atoms with E-state index in [4.69, 9.17) is 9.15 Å². The van der Waals surface area contributed by atoms with E-state index in [2.05, 4.69) is 0 Å². The van der Waals surface area contributed by atoms with Crippen LogP contribution in [0.3, 0.4) is 0 Å². The van der Waals surface area contributed by atoms with E-state index in [1.54, 1.807) is 25.0 Å². The van der Waals surface area contributed by atoms with Crippen LogP contribution in [-0.2, 0) is 0 Å². The molecule has 0 saturated carbocycles. The molecule has 2 aromatic rings. The highest BCUT2D eigenvalue weighted by atomic mass is 16.5. The normalized spacial score (nSPS) is 21.1. The fourth-order valence-electron chi connectivity index (χ4n) is 2.96. The lowest BCUT2D eigenvalue weighted by atomic mass is 10.0. The third kappa shape index (κ3) is 2.60. The Morgan fingerprint density at radius 3 is 2.91 bits per heavy atom. The summed E-state index contributed by atoms with van der Waals surface area (Å²) < 4.78 is 10.5. The van der Waals surface area contributed by atoms with Gasteiger partial charge in [-0.1, -0.05) is 12.1 Å². The minimum atomic E-state index is -0.521. The first-order valence-corrected chi connectivity index (χ1v) is 7.27. The Bertz CT molecular complexity index is 679. The molecule has 3 rings (SSSR count). The molecule has 0 radical (unpaired) electrons. The molecule has 1 amide bonds. The van der Waals surface area contributed by atoms with Crippen molar-refractivity contribution in [1.29, 1.82) is 0 Å². The summed E-state index contributed by atoms with van der Waals surface area (Å²) in [7, 11) is 1.61. The van der Waals surface area contributed by atoms with E-state index >= 15 is 0 Å². The lowest BCUT2D eigenvalue weighted by Gasteiger charge is -2.24. The zero-order chi connectivity index (χ0) is 15.7. The molecular weight excluding hydrogens is 282 g/mol. The number of amides is 1. The zero-order valence-corrected chi connectivity index (χ0v) is 12.7. The largest absolute Gasteiger partial charge is 0.497 e. The quantitative estimate of drug-likeness (QED) is 0.946. The number of aryl methyl sites for hydroxylation is 1. The second-order valence-corrected chi connectivity index (χ2v) is 5.53. The number of furan rings is 1. The summed E-state index contributed by atoms with van der Waals surface area (Å²) in [5.41, 5.74) is 1.51. The number of β-amino-alcohol motifs (C(OH)–C–C–N with tert-alkyl or cyclic N) is 1. The maximum atomic E-state index is 12.7. The first-order chi connectivity index (χ1) is 10.6. The van der Waals surface area contributed by atoms with E-state index in [1.165, 1.54) is 6.26 Å². The minimum absolute atomic E-state index is 0.115. The molecular formula is C17H19NO4. The summed E-state index contributed by atoms with van der Waals surface area (Å²) >= 11 is 0. The highest BCUT2D eigenvalue weighted by Gasteiger charge is 2.36. The monoisotopic (exact) mass is 301 g/mol. The SMILES string of the molecule is COc1cccc(C2CC(O)CN2C(=O)c2ccoc2C)c1. The van der Waals surface area contributed by atoms with Gasteiger partial charge in [0.05, 0.1) is 31.1 Å². The summed E-state index contributed by atoms with van der Waals surface area (Å²) in [6.45, 7) is 2.09. The average Bonchev–Trinajstić information content (AvgIpc) is 3.12. The molecule has 2 atom stereocenters. The van der Waals surface area contributed by atoms with E-state index < -0.39 is 6.10 Å². The number of hydrogen-bond donors (Lipinski definition) is 1. The van der Waals surface area contributed by atoms with E-state index in [1.807, 2.05) is 24.3 Å². The highest BCUT2D eigenvalue weighted by Crippen LogP contribution is 2.35. The van der Waals surface area contributed by atoms with Gasteiger partial charge < -0.3 is 19.2 Å². The summed E-state index contributed by atoms with van der Waals surface area (Å²) in [5.74, 6) is 1.22. The van der Waals surface area contributed by atoms with Crippen LogP contribution < -0.4 is 4.74 Å². The van der Waals surface area contributed by atoms with E-state index in [-0.39, 0.29) is 11.9 Å². The number of hydrogen-bond acceptors (Lipinski definition) is 4. The molecule has 2 heterocycles. The number of carbonyl (C=O) groups excluding carboxylic acids is 1. The van der Waals surface area contributed by atoms with Gasteiger partial charge in [-0.25, -0.2) is 0 Å². The summed E-state index contributed by atoms with van der Waals surface area (Å²) in [6.07, 6.45) is 1.51. The number of aliphatic hydroxyl groups is 1. The molecule has 1 aromatic carbocycles. The van der Waals surface area contributed by atoms with Crippen LogP contribution in [0.2, 0.25) is 0 Å². The van der Waals surface area contributed by atoms with Crippen LogP contribution in [0.25, 0.3) is 0 Å². The van der Waals surface area contributed by atoms with Crippen molar-refractivity contribution >= 4 is 5.91 Å². The number of likely N-dealkylation sites (tertiary alicyclic amines) is 1. The lowest BCUT2D eigenvalue weighted by Crippen LogP contribution is -2.31. The first kappa shape index (κ1) is 14.7. The Morgan fingerprint density at radius 1 is 1.41 bits per heavy atom. The first-order valence-electron chi connectivity index (χ1n) is 7.27. The van der Waals surface area contributed by atoms with Crippen molar-refractivity contribution in [3.8, 4) is 5.75 Å². The van der Waals surface area contributed by atoms with Gasteiger partial charge in [0.25, 0.3) is 5.91 Å². The Balaban J connectivity index is 1.92. The Labute approximate surface area is 129 Å². The third-order valence-corrected chi connectivity index (χ3v) is 4.11. The van der Waals surface area contributed by atoms with Gasteiger partial charge in [0.1, 0.15) is 11.5 Å². The Morgan fingerprint density at radius 2 is 2.23 bits per heavy atom. The van der Waals surface area contributed by atoms with Gasteiger partial charge in [-0.2, -0.15) is 0 Å². The minimum Gasteiger partial charge on any atom is -0.497 e. The second-order valence-electron chi connectivity index (χ2n) is 5.53. The standard InChI is InChI=1S/C17H19NO4/c1-11-15(6-7-22-11)17(20)18-10-13(19)9-16(18)12-4-3-5-14(8-12)21-2/h3-8,13,16,19H,9-10H2,1-2H3. The topological polar surface area (TPSA) is 62.9 Å². The molecule has 1 N–H and O–H groups in total. The Kier molecular flexibility index (Phi) is 3.90. The number of methoxy groups -OCH3 is 1. The van der Waals surface area contributed by atoms with Crippen LogP contribution in [0, 0.1) is 6.92 Å². The van der Waals surface area contributed by atoms with Crippen molar-refractivity contribution < 1.29 is 19.1 Å². The van der Waals surface area contributed by atoms with Crippen LogP contribution in [0.4, 0.5) is 0 Å². The smallest absolute Gasteiger partial charge is 0.257 e. The van der Waals surface area contributed by atoms with Crippen molar-refractivity contribution in [3.63, 3.8) is 0 Å². The molecule has 1 saturated heterocycles. The van der Waals surface area contributed by atoms with Crippen molar-refractivity contribution in [3.05, 3.63) is 53.5 Å². The van der Waals surface area contributed by atoms with Gasteiger partial charge >= 0.3 is 0 Å². The van der Waals surface area contributed by atoms with Gasteiger partial charge in [-0.3, -0.25) is 4.79 Å². The van der Waals surface area contributed by atoms with Crippen molar-refractivity contribution in [2.75, 3.05) is 13.7 Å². The number of carbonyl (C=O) groups is 1. The van der Waals surface area contributed by atoms with Crippen LogP contribution >= 0.6 is 0 Å². The maximum Gasteiger partial charge on any atom is 0.257 e. The van der Waals surface area contributed by atoms with Crippen molar-refractivity contribution in [1.82, 2.24) is 4.90 Å². The Hall–Kier alpha value is -2.27. The molecule has 1 aromatic heterocycles. The molecule has 2 unspecified atom stereocenters. The average molecular weight is 301 g/mol. The number of rotatable bonds is 3. The number of aliphatic hydroxyl groups excluding tert-OH is 1. The number of benzene rings is 1. The molecule has 5 heteroatoms. The van der Waals surface area contributed by atoms with E-state index in [0.717, 1.165) is 11.3 Å². The predicted molar refractivity (Wildman–Crippen MR) is 80.8 cm³/mol. The van der Waals surface area contributed by atoms with Gasteiger partial charge in [-0.15, -0.1) is 0 Å². The molecule has 1 aliphatic rings. The van der Waals surface area contributed by atoms with Crippen molar-refractivity contribution in [2.24, 2.45) is 0 Å². The van der Waals surface area contributed by atoms with Crippen LogP contribution in [0.1, 0.15) is 34.1 Å². The van der Waals surface area contributed by atoms with Gasteiger partial charge in [-0.05, 0) is 37.1 Å². The number of nitrogens with zero attached hydrogens (tertiary/aromatic N) is 1. The van der Waals surface area contributed by atoms with Gasteiger partial charge in [0.2, 0.25) is 0 Å². The zero-order valence-electron chi connectivity index (χ0n) is 12.7. The van der Waals surface area contributed by atoms with Crippen molar-refractivity contribution in [2.45, 2.75) is 25.5 Å². The molecule has 0 spiro atoms. The van der Waals surface area contributed by atoms with Crippen LogP contribution in [-0.4, -0.2) is 35.7 Å². The van der Waals surface area contributed by atoms with Gasteiger partial charge in [0.15, 0.2) is 0 Å². The lowest BCUT2D eigenvalue weighted by molar-refractivity contribution is 0.0714. The second kappa shape index (κ2) is 5.85. The predicted octanol–water partition coefficient (Wildman–Crippen LogP) is 2.54. The molecule has 116 valence electrons. The molecule has 22 heavy (non-hydrogen) atoms. The highest BCUT2D eigenvalue weighted by molar-refractivity contribution is 5.95. The van der Waals surface area contributed by atoms with E-state index in [0.29, 0.717) is 24.3 Å². The van der Waals surface area contributed by atoms with E-state index in [9.17, 15) is 9.90 Å². The fourth-order valence-corrected chi connectivity index (χ4v) is 2.96. The molecule has 5 nitrogen and oxygen atoms in total. The molecule has 0 aliphatic carbocycles. The molecule has 0 bridgehead atoms. The fraction of sp³-hybridized carbons (Fsp3) is 0.353. The summed E-state index contributed by atoms with van der Waals surface area (Å²) in [6, 6.07) is 9.13. The van der Waals surface area contributed by atoms with Crippen LogP contribution in [0.5, 0.6) is 5.75 Å². The molecule has 1 fully saturated rings. The maximum absolute atomic E-state index is 12.7. The molecule has 1 aliphatic heterocycles. The summed E-state index contributed by atoms with van der Waals surface area (Å²) in [4.78, 5) is 14.4. The number of ether oxygens (including phenoxy) is 1. The third-order valence-electron chi connectivity index (χ3n) is 4.11. The summed E-state index contributed by atoms with van der Waals surface area (Å²) in [5, 5.41) is 10.0. The van der Waals surface area contributed by atoms with Crippen LogP contribution in [0.15, 0.2) is 41.0 Å².